The number of hydrogen-bond donors (Lipinski definition) is 1. The summed E-state index contributed by atoms with van der Waals surface area (Å²) in [6.07, 6.45) is 0. The van der Waals surface area contributed by atoms with Crippen molar-refractivity contribution in [3.63, 3.8) is 0 Å². The van der Waals surface area contributed by atoms with Gasteiger partial charge in [-0.3, -0.25) is 4.79 Å². The summed E-state index contributed by atoms with van der Waals surface area (Å²) in [4.78, 5) is 11.1. The van der Waals surface area contributed by atoms with Gasteiger partial charge in [-0.05, 0) is 20.8 Å². The van der Waals surface area contributed by atoms with E-state index in [9.17, 15) is 17.8 Å². The summed E-state index contributed by atoms with van der Waals surface area (Å²) in [7, 11) is -4.35. The van der Waals surface area contributed by atoms with Crippen molar-refractivity contribution in [2.24, 2.45) is 0 Å². The van der Waals surface area contributed by atoms with Crippen LogP contribution >= 0.6 is 0 Å². The largest absolute Gasteiger partial charge is 1.00 e. The zero-order valence-corrected chi connectivity index (χ0v) is 10.3. The van der Waals surface area contributed by atoms with Crippen molar-refractivity contribution < 1.29 is 36.6 Å². The van der Waals surface area contributed by atoms with Gasteiger partial charge in [0.15, 0.2) is 0 Å². The molecule has 1 amide bonds. The molecule has 0 aliphatic heterocycles. The van der Waals surface area contributed by atoms with Gasteiger partial charge in [-0.15, -0.1) is 0 Å². The van der Waals surface area contributed by atoms with Crippen molar-refractivity contribution in [3.8, 4) is 0 Å². The first-order chi connectivity index (χ1) is 6.03. The van der Waals surface area contributed by atoms with Gasteiger partial charge in [0.25, 0.3) is 0 Å². The van der Waals surface area contributed by atoms with Crippen molar-refractivity contribution in [1.29, 1.82) is 0 Å². The molecule has 0 saturated carbocycles. The minimum atomic E-state index is -4.35. The van der Waals surface area contributed by atoms with Crippen LogP contribution in [-0.2, 0) is 14.9 Å². The Balaban J connectivity index is 0. The molecule has 5 nitrogen and oxygen atoms in total. The van der Waals surface area contributed by atoms with E-state index >= 15 is 0 Å². The molecule has 0 radical (unpaired) electrons. The zero-order valence-electron chi connectivity index (χ0n) is 9.46. The van der Waals surface area contributed by atoms with Crippen LogP contribution in [0.15, 0.2) is 12.2 Å². The molecular formula is C8H14LiNO4S. The van der Waals surface area contributed by atoms with Gasteiger partial charge in [-0.2, -0.15) is 0 Å². The Morgan fingerprint density at radius 2 is 1.87 bits per heavy atom. The van der Waals surface area contributed by atoms with Crippen LogP contribution in [-0.4, -0.2) is 30.2 Å². The number of amides is 1. The molecular weight excluding hydrogens is 213 g/mol. The third kappa shape index (κ3) is 8.70. The molecule has 0 aromatic carbocycles. The van der Waals surface area contributed by atoms with Crippen LogP contribution in [0.25, 0.3) is 0 Å². The number of carbonyl (C=O) groups excluding carboxylic acids is 1. The van der Waals surface area contributed by atoms with Crippen LogP contribution in [0.3, 0.4) is 0 Å². The molecule has 0 heterocycles. The van der Waals surface area contributed by atoms with E-state index in [2.05, 4.69) is 11.9 Å². The van der Waals surface area contributed by atoms with Crippen LogP contribution in [0.4, 0.5) is 0 Å². The predicted octanol–water partition coefficient (Wildman–Crippen LogP) is -2.99. The van der Waals surface area contributed by atoms with E-state index in [4.69, 9.17) is 0 Å². The van der Waals surface area contributed by atoms with Gasteiger partial charge in [0.05, 0.1) is 15.9 Å². The molecule has 0 fully saturated rings. The molecule has 7 heteroatoms. The molecule has 0 aromatic heterocycles. The van der Waals surface area contributed by atoms with Gasteiger partial charge in [0.1, 0.15) is 0 Å². The summed E-state index contributed by atoms with van der Waals surface area (Å²) >= 11 is 0. The first-order valence-electron chi connectivity index (χ1n) is 3.95. The molecule has 0 bridgehead atoms. The summed E-state index contributed by atoms with van der Waals surface area (Å²) in [6, 6.07) is 0. The molecule has 82 valence electrons. The molecule has 0 atom stereocenters. The fraction of sp³-hybridized carbons (Fsp3) is 0.625. The van der Waals surface area contributed by atoms with Crippen LogP contribution in [0.1, 0.15) is 20.8 Å². The maximum atomic E-state index is 11.1. The third-order valence-corrected chi connectivity index (χ3v) is 2.45. The third-order valence-electron chi connectivity index (χ3n) is 1.38. The SMILES string of the molecule is C=C(C)C(=O)NC(C)(C)CS(=O)(=O)[O-].[Li+]. The molecule has 0 aliphatic rings. The smallest absolute Gasteiger partial charge is 0.748 e. The van der Waals surface area contributed by atoms with Crippen molar-refractivity contribution >= 4 is 16.0 Å². The monoisotopic (exact) mass is 227 g/mol. The number of rotatable bonds is 4. The second-order valence-corrected chi connectivity index (χ2v) is 5.22. The Hall–Kier alpha value is -0.283. The van der Waals surface area contributed by atoms with Crippen LogP contribution in [0.2, 0.25) is 0 Å². The van der Waals surface area contributed by atoms with Gasteiger partial charge in [0.2, 0.25) is 5.91 Å². The van der Waals surface area contributed by atoms with Gasteiger partial charge in [-0.1, -0.05) is 6.58 Å². The van der Waals surface area contributed by atoms with Crippen LogP contribution < -0.4 is 24.2 Å². The summed E-state index contributed by atoms with van der Waals surface area (Å²) in [6.45, 7) is 7.82. The molecule has 0 saturated heterocycles. The number of carbonyl (C=O) groups is 1. The standard InChI is InChI=1S/C8H15NO4S.Li/c1-6(2)7(10)9-8(3,4)5-14(11,12)13;/h1,5H2,2-4H3,(H,9,10)(H,11,12,13);/q;+1/p-1. The summed E-state index contributed by atoms with van der Waals surface area (Å²) in [5.74, 6) is -1.10. The quantitative estimate of drug-likeness (QED) is 0.315. The molecule has 0 rings (SSSR count). The Morgan fingerprint density at radius 1 is 1.47 bits per heavy atom. The van der Waals surface area contributed by atoms with E-state index in [1.165, 1.54) is 20.8 Å². The molecule has 1 N–H and O–H groups in total. The minimum Gasteiger partial charge on any atom is -0.748 e. The number of hydrogen-bond acceptors (Lipinski definition) is 4. The Kier molecular flexibility index (Phi) is 6.51. The molecule has 0 aromatic rings. The average molecular weight is 227 g/mol. The zero-order chi connectivity index (χ0) is 11.6. The van der Waals surface area contributed by atoms with E-state index in [0.29, 0.717) is 0 Å². The first kappa shape index (κ1) is 17.1. The fourth-order valence-electron chi connectivity index (χ4n) is 0.892. The fourth-order valence-corrected chi connectivity index (χ4v) is 1.85. The average Bonchev–Trinajstić information content (AvgIpc) is 1.78. The topological polar surface area (TPSA) is 86.3 Å². The number of nitrogens with one attached hydrogen (secondary N) is 1. The van der Waals surface area contributed by atoms with E-state index in [1.807, 2.05) is 0 Å². The minimum absolute atomic E-state index is 0. The van der Waals surface area contributed by atoms with Crippen LogP contribution in [0.5, 0.6) is 0 Å². The Labute approximate surface area is 102 Å². The normalized spacial score (nSPS) is 11.5. The van der Waals surface area contributed by atoms with Gasteiger partial charge < -0.3 is 9.87 Å². The van der Waals surface area contributed by atoms with Gasteiger partial charge >= 0.3 is 18.9 Å². The molecule has 0 unspecified atom stereocenters. The summed E-state index contributed by atoms with van der Waals surface area (Å²) < 4.78 is 31.4. The van der Waals surface area contributed by atoms with Crippen molar-refractivity contribution in [2.75, 3.05) is 5.75 Å². The van der Waals surface area contributed by atoms with Crippen molar-refractivity contribution in [1.82, 2.24) is 5.32 Å². The van der Waals surface area contributed by atoms with Crippen LogP contribution in [0, 0.1) is 0 Å². The van der Waals surface area contributed by atoms with E-state index in [-0.39, 0.29) is 24.4 Å². The second-order valence-electron chi connectivity index (χ2n) is 3.82. The van der Waals surface area contributed by atoms with Gasteiger partial charge in [-0.25, -0.2) is 8.42 Å². The van der Waals surface area contributed by atoms with E-state index < -0.39 is 27.3 Å². The molecule has 15 heavy (non-hydrogen) atoms. The first-order valence-corrected chi connectivity index (χ1v) is 5.53. The molecule has 0 aliphatic carbocycles. The summed E-state index contributed by atoms with van der Waals surface area (Å²) in [5.41, 5.74) is -0.808. The van der Waals surface area contributed by atoms with Crippen molar-refractivity contribution in [2.45, 2.75) is 26.3 Å². The Bertz CT molecular complexity index is 348. The summed E-state index contributed by atoms with van der Waals surface area (Å²) in [5, 5.41) is 2.39. The van der Waals surface area contributed by atoms with Crippen molar-refractivity contribution in [3.05, 3.63) is 12.2 Å². The predicted molar refractivity (Wildman–Crippen MR) is 51.6 cm³/mol. The Morgan fingerprint density at radius 3 is 2.13 bits per heavy atom. The maximum absolute atomic E-state index is 11.1. The maximum Gasteiger partial charge on any atom is 1.00 e. The van der Waals surface area contributed by atoms with E-state index in [0.717, 1.165) is 0 Å². The second kappa shape index (κ2) is 5.71. The van der Waals surface area contributed by atoms with Gasteiger partial charge in [0, 0.05) is 11.1 Å². The van der Waals surface area contributed by atoms with E-state index in [1.54, 1.807) is 0 Å². The molecule has 0 spiro atoms.